The fourth-order valence-electron chi connectivity index (χ4n) is 0.628. The highest BCUT2D eigenvalue weighted by molar-refractivity contribution is 14.1. The van der Waals surface area contributed by atoms with E-state index in [1.165, 1.54) is 7.05 Å². The normalized spacial score (nSPS) is 10.6. The average Bonchev–Trinajstić information content (AvgIpc) is 2.11. The van der Waals surface area contributed by atoms with Gasteiger partial charge in [0.25, 0.3) is 0 Å². The first-order valence-corrected chi connectivity index (χ1v) is 6.08. The van der Waals surface area contributed by atoms with E-state index in [4.69, 9.17) is 4.74 Å². The van der Waals surface area contributed by atoms with Gasteiger partial charge in [-0.1, -0.05) is 0 Å². The summed E-state index contributed by atoms with van der Waals surface area (Å²) >= 11 is 1.86. The molecule has 1 amide bonds. The van der Waals surface area contributed by atoms with Crippen molar-refractivity contribution in [2.75, 3.05) is 18.4 Å². The number of rotatable bonds is 3. The maximum absolute atomic E-state index is 11.4. The first kappa shape index (κ1) is 15.3. The van der Waals surface area contributed by atoms with Crippen LogP contribution in [0.2, 0.25) is 0 Å². The van der Waals surface area contributed by atoms with Crippen LogP contribution in [-0.2, 0) is 14.2 Å². The molecule has 0 unspecified atom stereocenters. The van der Waals surface area contributed by atoms with Gasteiger partial charge >= 0.3 is 12.2 Å². The van der Waals surface area contributed by atoms with Crippen LogP contribution in [0.25, 0.3) is 0 Å². The maximum Gasteiger partial charge on any atom is 0.510 e. The second-order valence-electron chi connectivity index (χ2n) is 3.96. The lowest BCUT2D eigenvalue weighted by Crippen LogP contribution is -2.36. The summed E-state index contributed by atoms with van der Waals surface area (Å²) in [6, 6.07) is 0. The molecule has 0 spiro atoms. The smallest absolute Gasteiger partial charge is 0.444 e. The van der Waals surface area contributed by atoms with Gasteiger partial charge in [-0.25, -0.2) is 9.59 Å². The van der Waals surface area contributed by atoms with Gasteiger partial charge in [-0.3, -0.25) is 4.90 Å². The maximum atomic E-state index is 11.4. The number of ether oxygens (including phenoxy) is 3. The largest absolute Gasteiger partial charge is 0.510 e. The first-order chi connectivity index (χ1) is 7.26. The van der Waals surface area contributed by atoms with Gasteiger partial charge < -0.3 is 14.2 Å². The topological polar surface area (TPSA) is 65.1 Å². The minimum Gasteiger partial charge on any atom is -0.444 e. The minimum absolute atomic E-state index is 0.201. The van der Waals surface area contributed by atoms with E-state index in [0.29, 0.717) is 0 Å². The Labute approximate surface area is 108 Å². The fourth-order valence-corrected chi connectivity index (χ4v) is 0.883. The van der Waals surface area contributed by atoms with E-state index in [-0.39, 0.29) is 11.3 Å². The van der Waals surface area contributed by atoms with Gasteiger partial charge in [-0.15, -0.1) is 0 Å². The van der Waals surface area contributed by atoms with Crippen LogP contribution in [0.3, 0.4) is 0 Å². The molecule has 0 fully saturated rings. The van der Waals surface area contributed by atoms with Crippen molar-refractivity contribution in [3.63, 3.8) is 0 Å². The molecule has 6 nitrogen and oxygen atoms in total. The van der Waals surface area contributed by atoms with Crippen molar-refractivity contribution in [3.05, 3.63) is 0 Å². The van der Waals surface area contributed by atoms with Crippen LogP contribution in [-0.4, -0.2) is 41.1 Å². The number of amides is 1. The van der Waals surface area contributed by atoms with E-state index in [0.717, 1.165) is 4.90 Å². The van der Waals surface area contributed by atoms with E-state index in [2.05, 4.69) is 9.47 Å². The van der Waals surface area contributed by atoms with Crippen LogP contribution in [0, 0.1) is 0 Å². The van der Waals surface area contributed by atoms with Gasteiger partial charge in [-0.2, -0.15) is 0 Å². The van der Waals surface area contributed by atoms with Gasteiger partial charge in [-0.05, 0) is 43.4 Å². The molecule has 0 radical (unpaired) electrons. The lowest BCUT2D eigenvalue weighted by atomic mass is 10.2. The van der Waals surface area contributed by atoms with E-state index in [1.807, 2.05) is 22.6 Å². The number of halogens is 1. The minimum atomic E-state index is -0.815. The Morgan fingerprint density at radius 3 is 2.25 bits per heavy atom. The standard InChI is InChI=1S/C9H16INO5/c1-9(2,3)16-7(12)11(4)6-15-8(13)14-5-10/h5-6H2,1-4H3. The Morgan fingerprint density at radius 2 is 1.81 bits per heavy atom. The van der Waals surface area contributed by atoms with Gasteiger partial charge in [0, 0.05) is 7.05 Å². The molecule has 0 atom stereocenters. The highest BCUT2D eigenvalue weighted by atomic mass is 127. The Balaban J connectivity index is 3.93. The number of hydrogen-bond acceptors (Lipinski definition) is 5. The highest BCUT2D eigenvalue weighted by Crippen LogP contribution is 2.08. The SMILES string of the molecule is CN(COC(=O)OCI)C(=O)OC(C)(C)C. The van der Waals surface area contributed by atoms with Gasteiger partial charge in [0.15, 0.2) is 6.73 Å². The van der Waals surface area contributed by atoms with Gasteiger partial charge in [0.1, 0.15) is 10.2 Å². The highest BCUT2D eigenvalue weighted by Gasteiger charge is 2.20. The lowest BCUT2D eigenvalue weighted by molar-refractivity contribution is -0.00225. The Morgan fingerprint density at radius 1 is 1.25 bits per heavy atom. The third-order valence-electron chi connectivity index (χ3n) is 1.25. The van der Waals surface area contributed by atoms with E-state index >= 15 is 0 Å². The summed E-state index contributed by atoms with van der Waals surface area (Å²) in [5, 5.41) is 0. The number of carbonyl (C=O) groups excluding carboxylic acids is 2. The predicted molar refractivity (Wildman–Crippen MR) is 65.3 cm³/mol. The molecule has 0 bridgehead atoms. The molecule has 0 aliphatic rings. The molecule has 0 saturated carbocycles. The quantitative estimate of drug-likeness (QED) is 0.340. The summed E-state index contributed by atoms with van der Waals surface area (Å²) in [6.07, 6.45) is -1.38. The lowest BCUT2D eigenvalue weighted by Gasteiger charge is -2.24. The summed E-state index contributed by atoms with van der Waals surface area (Å²) < 4.78 is 14.4. The Bertz CT molecular complexity index is 251. The summed E-state index contributed by atoms with van der Waals surface area (Å²) in [5.41, 5.74) is -0.575. The Hall–Kier alpha value is -0.730. The first-order valence-electron chi connectivity index (χ1n) is 4.56. The number of hydrogen-bond donors (Lipinski definition) is 0. The molecule has 94 valence electrons. The zero-order chi connectivity index (χ0) is 12.8. The zero-order valence-corrected chi connectivity index (χ0v) is 11.9. The number of alkyl halides is 1. The van der Waals surface area contributed by atoms with Crippen LogP contribution < -0.4 is 0 Å². The summed E-state index contributed by atoms with van der Waals surface area (Å²) in [7, 11) is 1.46. The molecule has 0 saturated heterocycles. The van der Waals surface area contributed by atoms with Crippen LogP contribution >= 0.6 is 22.6 Å². The predicted octanol–water partition coefficient (Wildman–Crippen LogP) is 2.36. The van der Waals surface area contributed by atoms with Crippen LogP contribution in [0.1, 0.15) is 20.8 Å². The van der Waals surface area contributed by atoms with E-state index in [1.54, 1.807) is 20.8 Å². The van der Waals surface area contributed by atoms with Crippen LogP contribution in [0.4, 0.5) is 9.59 Å². The molecular formula is C9H16INO5. The zero-order valence-electron chi connectivity index (χ0n) is 9.78. The van der Waals surface area contributed by atoms with Crippen molar-refractivity contribution in [1.82, 2.24) is 4.90 Å². The second-order valence-corrected chi connectivity index (χ2v) is 4.58. The summed E-state index contributed by atoms with van der Waals surface area (Å²) in [5.74, 6) is 0. The molecule has 0 aliphatic heterocycles. The number of nitrogens with zero attached hydrogens (tertiary/aromatic N) is 1. The third kappa shape index (κ3) is 7.55. The molecule has 7 heteroatoms. The van der Waals surface area contributed by atoms with Crippen molar-refractivity contribution < 1.29 is 23.8 Å². The molecule has 0 aliphatic carbocycles. The molecule has 0 aromatic heterocycles. The monoisotopic (exact) mass is 345 g/mol. The molecule has 0 rings (SSSR count). The van der Waals surface area contributed by atoms with Crippen molar-refractivity contribution >= 4 is 34.8 Å². The number of carbonyl (C=O) groups is 2. The molecule has 0 aromatic rings. The van der Waals surface area contributed by atoms with Crippen LogP contribution in [0.15, 0.2) is 0 Å². The molecule has 0 heterocycles. The van der Waals surface area contributed by atoms with Crippen molar-refractivity contribution in [1.29, 1.82) is 0 Å². The van der Waals surface area contributed by atoms with Crippen molar-refractivity contribution in [2.24, 2.45) is 0 Å². The molecule has 0 N–H and O–H groups in total. The molecule has 16 heavy (non-hydrogen) atoms. The Kier molecular flexibility index (Phi) is 6.46. The van der Waals surface area contributed by atoms with Gasteiger partial charge in [0.05, 0.1) is 0 Å². The fraction of sp³-hybridized carbons (Fsp3) is 0.778. The molecule has 0 aromatic carbocycles. The average molecular weight is 345 g/mol. The molecular weight excluding hydrogens is 329 g/mol. The third-order valence-corrected chi connectivity index (χ3v) is 1.57. The van der Waals surface area contributed by atoms with Crippen LogP contribution in [0.5, 0.6) is 0 Å². The summed E-state index contributed by atoms with van der Waals surface area (Å²) in [6.45, 7) is 5.06. The van der Waals surface area contributed by atoms with Crippen molar-refractivity contribution in [2.45, 2.75) is 26.4 Å². The second kappa shape index (κ2) is 6.77. The van der Waals surface area contributed by atoms with Crippen molar-refractivity contribution in [3.8, 4) is 0 Å². The van der Waals surface area contributed by atoms with E-state index < -0.39 is 17.8 Å². The van der Waals surface area contributed by atoms with E-state index in [9.17, 15) is 9.59 Å². The van der Waals surface area contributed by atoms with Gasteiger partial charge in [0.2, 0.25) is 0 Å². The summed E-state index contributed by atoms with van der Waals surface area (Å²) in [4.78, 5) is 23.4.